The third-order valence-corrected chi connectivity index (χ3v) is 8.38. The summed E-state index contributed by atoms with van der Waals surface area (Å²) >= 11 is 6.23. The lowest BCUT2D eigenvalue weighted by atomic mass is 9.77. The van der Waals surface area contributed by atoms with Gasteiger partial charge in [-0.2, -0.15) is 26.3 Å². The Labute approximate surface area is 279 Å². The zero-order valence-electron chi connectivity index (χ0n) is 26.1. The van der Waals surface area contributed by atoms with Crippen LogP contribution in [0.25, 0.3) is 0 Å². The van der Waals surface area contributed by atoms with E-state index in [-0.39, 0.29) is 49.4 Å². The molecule has 0 bridgehead atoms. The highest BCUT2D eigenvalue weighted by atomic mass is 35.5. The average Bonchev–Trinajstić information content (AvgIpc) is 3.06. The van der Waals surface area contributed by atoms with Crippen LogP contribution in [0, 0.1) is 5.92 Å². The third-order valence-electron chi connectivity index (χ3n) is 8.10. The van der Waals surface area contributed by atoms with Gasteiger partial charge >= 0.3 is 24.4 Å². The number of esters is 1. The minimum absolute atomic E-state index is 0.00232. The van der Waals surface area contributed by atoms with Gasteiger partial charge in [0.15, 0.2) is 0 Å². The molecular weight excluding hydrogens is 664 g/mol. The highest BCUT2D eigenvalue weighted by molar-refractivity contribution is 6.41. The van der Waals surface area contributed by atoms with E-state index < -0.39 is 53.1 Å². The van der Waals surface area contributed by atoms with E-state index in [1.165, 1.54) is 17.9 Å². The van der Waals surface area contributed by atoms with Crippen molar-refractivity contribution in [1.82, 2.24) is 4.90 Å². The fraction of sp³-hybridized carbons (Fsp3) is 0.371. The highest BCUT2D eigenvalue weighted by Crippen LogP contribution is 2.43. The maximum absolute atomic E-state index is 13.9. The number of carbonyl (C=O) groups is 2. The van der Waals surface area contributed by atoms with E-state index in [0.717, 1.165) is 0 Å². The van der Waals surface area contributed by atoms with E-state index in [1.807, 2.05) is 0 Å². The number of benzene rings is 3. The van der Waals surface area contributed by atoms with Crippen molar-refractivity contribution in [2.75, 3.05) is 19.8 Å². The van der Waals surface area contributed by atoms with Gasteiger partial charge in [0, 0.05) is 6.54 Å². The Morgan fingerprint density at radius 3 is 2.08 bits per heavy atom. The van der Waals surface area contributed by atoms with Gasteiger partial charge in [0.1, 0.15) is 11.6 Å². The summed E-state index contributed by atoms with van der Waals surface area (Å²) in [6.45, 7) is 2.70. The number of likely N-dealkylation sites (tertiary alicyclic amines) is 1. The van der Waals surface area contributed by atoms with Gasteiger partial charge in [0.25, 0.3) is 0 Å². The molecule has 1 fully saturated rings. The number of halogens is 7. The molecule has 13 heteroatoms. The molecule has 6 nitrogen and oxygen atoms in total. The number of hydrogen-bond acceptors (Lipinski definition) is 5. The van der Waals surface area contributed by atoms with E-state index in [2.05, 4.69) is 0 Å². The van der Waals surface area contributed by atoms with Crippen molar-refractivity contribution in [2.45, 2.75) is 57.3 Å². The highest BCUT2D eigenvalue weighted by Gasteiger charge is 2.47. The molecule has 1 aliphatic rings. The van der Waals surface area contributed by atoms with Crippen LogP contribution in [-0.2, 0) is 43.5 Å². The molecular formula is C35H34ClF6NO5. The lowest BCUT2D eigenvalue weighted by Crippen LogP contribution is -2.57. The first kappa shape index (κ1) is 36.8. The SMILES string of the molecule is CCOC(=O)/C(Cl)=C/C1CC[C@@](CO[C@H](C)c2cc(C(F)(F)F)cc(C(F)(F)F)c2)(c2ccccc2)N(C(=O)OCc2ccccc2)C1. The van der Waals surface area contributed by atoms with Gasteiger partial charge in [-0.3, -0.25) is 4.90 Å². The van der Waals surface area contributed by atoms with Crippen molar-refractivity contribution in [3.63, 3.8) is 0 Å². The Morgan fingerprint density at radius 2 is 1.52 bits per heavy atom. The number of carbonyl (C=O) groups excluding carboxylic acids is 2. The van der Waals surface area contributed by atoms with Crippen LogP contribution < -0.4 is 0 Å². The third kappa shape index (κ3) is 9.10. The van der Waals surface area contributed by atoms with Gasteiger partial charge in [-0.25, -0.2) is 9.59 Å². The van der Waals surface area contributed by atoms with Gasteiger partial charge in [-0.05, 0) is 67.5 Å². The van der Waals surface area contributed by atoms with Gasteiger partial charge in [0.05, 0.1) is 36.0 Å². The molecule has 258 valence electrons. The largest absolute Gasteiger partial charge is 0.462 e. The molecule has 0 spiro atoms. The van der Waals surface area contributed by atoms with E-state index in [0.29, 0.717) is 29.7 Å². The molecule has 1 aliphatic heterocycles. The number of hydrogen-bond donors (Lipinski definition) is 0. The van der Waals surface area contributed by atoms with Gasteiger partial charge < -0.3 is 14.2 Å². The Kier molecular flexibility index (Phi) is 11.9. The summed E-state index contributed by atoms with van der Waals surface area (Å²) in [5.74, 6) is -1.16. The lowest BCUT2D eigenvalue weighted by molar-refractivity contribution is -0.143. The first-order valence-corrected chi connectivity index (χ1v) is 15.5. The average molecular weight is 698 g/mol. The second-order valence-corrected chi connectivity index (χ2v) is 11.8. The first-order valence-electron chi connectivity index (χ1n) is 15.1. The monoisotopic (exact) mass is 697 g/mol. The van der Waals surface area contributed by atoms with Gasteiger partial charge in [0.2, 0.25) is 0 Å². The molecule has 3 aromatic carbocycles. The molecule has 1 heterocycles. The fourth-order valence-electron chi connectivity index (χ4n) is 5.57. The summed E-state index contributed by atoms with van der Waals surface area (Å²) in [6.07, 6.45) is -9.96. The summed E-state index contributed by atoms with van der Waals surface area (Å²) < 4.78 is 98.4. The van der Waals surface area contributed by atoms with E-state index in [4.69, 9.17) is 25.8 Å². The number of amides is 1. The second-order valence-electron chi connectivity index (χ2n) is 11.4. The van der Waals surface area contributed by atoms with Crippen LogP contribution in [0.1, 0.15) is 60.6 Å². The van der Waals surface area contributed by atoms with Crippen molar-refractivity contribution in [1.29, 1.82) is 0 Å². The topological polar surface area (TPSA) is 65.1 Å². The Bertz CT molecular complexity index is 1550. The molecule has 0 aromatic heterocycles. The molecule has 3 atom stereocenters. The van der Waals surface area contributed by atoms with Crippen molar-refractivity contribution >= 4 is 23.7 Å². The number of rotatable bonds is 10. The Morgan fingerprint density at radius 1 is 0.938 bits per heavy atom. The van der Waals surface area contributed by atoms with Crippen LogP contribution in [0.4, 0.5) is 31.1 Å². The van der Waals surface area contributed by atoms with E-state index >= 15 is 0 Å². The van der Waals surface area contributed by atoms with Gasteiger partial charge in [-0.15, -0.1) is 0 Å². The molecule has 48 heavy (non-hydrogen) atoms. The molecule has 3 aromatic rings. The first-order chi connectivity index (χ1) is 22.6. The molecule has 0 aliphatic carbocycles. The molecule has 1 saturated heterocycles. The summed E-state index contributed by atoms with van der Waals surface area (Å²) in [4.78, 5) is 27.6. The van der Waals surface area contributed by atoms with Crippen LogP contribution in [0.15, 0.2) is 90.0 Å². The van der Waals surface area contributed by atoms with E-state index in [1.54, 1.807) is 67.6 Å². The summed E-state index contributed by atoms with van der Waals surface area (Å²) in [5.41, 5.74) is -3.21. The van der Waals surface area contributed by atoms with Crippen LogP contribution in [-0.4, -0.2) is 36.7 Å². The van der Waals surface area contributed by atoms with Crippen molar-refractivity contribution < 1.29 is 50.1 Å². The van der Waals surface area contributed by atoms with Crippen molar-refractivity contribution in [3.05, 3.63) is 118 Å². The minimum Gasteiger partial charge on any atom is -0.462 e. The molecule has 0 saturated carbocycles. The predicted octanol–water partition coefficient (Wildman–Crippen LogP) is 9.43. The number of piperidine rings is 1. The summed E-state index contributed by atoms with van der Waals surface area (Å²) in [6, 6.07) is 18.9. The maximum atomic E-state index is 13.9. The minimum atomic E-state index is -5.03. The zero-order valence-corrected chi connectivity index (χ0v) is 26.9. The Balaban J connectivity index is 1.71. The summed E-state index contributed by atoms with van der Waals surface area (Å²) in [7, 11) is 0. The fourth-order valence-corrected chi connectivity index (χ4v) is 5.80. The summed E-state index contributed by atoms with van der Waals surface area (Å²) in [5, 5.41) is -0.165. The smallest absolute Gasteiger partial charge is 0.416 e. The van der Waals surface area contributed by atoms with Crippen LogP contribution in [0.5, 0.6) is 0 Å². The Hall–Kier alpha value is -4.03. The molecule has 4 rings (SSSR count). The predicted molar refractivity (Wildman–Crippen MR) is 166 cm³/mol. The van der Waals surface area contributed by atoms with Crippen molar-refractivity contribution in [3.8, 4) is 0 Å². The van der Waals surface area contributed by atoms with Crippen LogP contribution in [0.2, 0.25) is 0 Å². The van der Waals surface area contributed by atoms with Crippen LogP contribution >= 0.6 is 11.6 Å². The van der Waals surface area contributed by atoms with Crippen LogP contribution in [0.3, 0.4) is 0 Å². The number of ether oxygens (including phenoxy) is 3. The quantitative estimate of drug-likeness (QED) is 0.120. The molecule has 1 unspecified atom stereocenters. The normalized spacial score (nSPS) is 19.5. The number of nitrogens with zero attached hydrogens (tertiary/aromatic N) is 1. The number of alkyl halides is 6. The maximum Gasteiger partial charge on any atom is 0.416 e. The molecule has 0 radical (unpaired) electrons. The standard InChI is InChI=1S/C35H34ClF6NO5/c1-3-46-31(44)30(36)16-25-14-15-33(27-12-8-5-9-13-27,43(20-25)32(45)47-21-24-10-6-4-7-11-24)22-48-23(2)26-17-28(34(37,38)39)19-29(18-26)35(40,41)42/h4-13,16-19,23,25H,3,14-15,20-22H2,1-2H3/b30-16-/t23-,25?,33-/m1/s1. The van der Waals surface area contributed by atoms with Gasteiger partial charge in [-0.1, -0.05) is 78.3 Å². The zero-order chi connectivity index (χ0) is 35.1. The van der Waals surface area contributed by atoms with Crippen molar-refractivity contribution in [2.24, 2.45) is 5.92 Å². The molecule has 1 amide bonds. The lowest BCUT2D eigenvalue weighted by Gasteiger charge is -2.49. The van der Waals surface area contributed by atoms with E-state index in [9.17, 15) is 35.9 Å². The molecule has 0 N–H and O–H groups in total. The second kappa shape index (κ2) is 15.5.